The number of fused-ring (bicyclic) bond motifs is 2. The lowest BCUT2D eigenvalue weighted by molar-refractivity contribution is -0.149. The van der Waals surface area contributed by atoms with Gasteiger partial charge < -0.3 is 28.7 Å². The first-order valence-electron chi connectivity index (χ1n) is 14.0. The molecule has 8 nitrogen and oxygen atoms in total. The molecule has 3 heterocycles. The largest absolute Gasteiger partial charge is 0.395 e. The zero-order valence-electron chi connectivity index (χ0n) is 23.6. The number of carbonyl (C=O) groups is 3. The molecule has 2 aromatic carbocycles. The van der Waals surface area contributed by atoms with Crippen molar-refractivity contribution in [1.82, 2.24) is 4.90 Å². The molecule has 0 saturated carbocycles. The number of hydrogen-bond acceptors (Lipinski definition) is 5. The van der Waals surface area contributed by atoms with Crippen molar-refractivity contribution in [1.29, 1.82) is 0 Å². The number of nitrogens with zero attached hydrogens (tertiary/aromatic N) is 3. The number of benzene rings is 2. The Morgan fingerprint density at radius 3 is 2.55 bits per heavy atom. The summed E-state index contributed by atoms with van der Waals surface area (Å²) in [6.45, 7) is 5.92. The minimum atomic E-state index is -3.44. The number of anilines is 2. The number of rotatable bonds is 8. The standard InChI is InChI=1S/C30H38FN3O5Si/c1-20-28(40(3,4)31)25(18-27(37)33(15-16-35)19-21-9-6-5-7-10-21)39-30(20)23-17-22(34-14-8-11-26(34)36)12-13-24(23)32(2)29(30)38/h5-7,9-10,12-13,17,20,25,28,35H,8,11,14-16,18-19H2,1-4H3/t20-,25+,28-,30+/m1/s1. The molecule has 40 heavy (non-hydrogen) atoms. The molecule has 1 N–H and O–H groups in total. The number of ether oxygens (including phenoxy) is 1. The predicted molar refractivity (Wildman–Crippen MR) is 153 cm³/mol. The number of aliphatic hydroxyl groups is 1. The highest BCUT2D eigenvalue weighted by molar-refractivity contribution is 6.72. The predicted octanol–water partition coefficient (Wildman–Crippen LogP) is 3.98. The molecule has 5 rings (SSSR count). The smallest absolute Gasteiger partial charge is 0.264 e. The summed E-state index contributed by atoms with van der Waals surface area (Å²) in [6, 6.07) is 15.0. The summed E-state index contributed by atoms with van der Waals surface area (Å²) in [5.74, 6) is -1.04. The molecule has 3 amide bonds. The molecular formula is C30H38FN3O5Si. The van der Waals surface area contributed by atoms with Gasteiger partial charge in [-0.25, -0.2) is 0 Å². The minimum Gasteiger partial charge on any atom is -0.395 e. The Morgan fingerprint density at radius 2 is 1.93 bits per heavy atom. The maximum Gasteiger partial charge on any atom is 0.264 e. The normalized spacial score (nSPS) is 26.2. The van der Waals surface area contributed by atoms with Gasteiger partial charge in [-0.1, -0.05) is 37.3 Å². The van der Waals surface area contributed by atoms with Crippen molar-refractivity contribution in [3.05, 3.63) is 59.7 Å². The van der Waals surface area contributed by atoms with Gasteiger partial charge in [0.1, 0.15) is 0 Å². The number of aliphatic hydroxyl groups excluding tert-OH is 1. The van der Waals surface area contributed by atoms with Crippen molar-refractivity contribution < 1.29 is 28.3 Å². The molecular weight excluding hydrogens is 529 g/mol. The van der Waals surface area contributed by atoms with Gasteiger partial charge in [-0.15, -0.1) is 0 Å². The highest BCUT2D eigenvalue weighted by Crippen LogP contribution is 2.60. The number of halogens is 1. The summed E-state index contributed by atoms with van der Waals surface area (Å²) >= 11 is 0. The van der Waals surface area contributed by atoms with Crippen LogP contribution in [-0.2, 0) is 31.3 Å². The van der Waals surface area contributed by atoms with Crippen LogP contribution in [0.1, 0.15) is 37.3 Å². The van der Waals surface area contributed by atoms with Crippen LogP contribution in [0.2, 0.25) is 18.6 Å². The molecule has 1 spiro atoms. The quantitative estimate of drug-likeness (QED) is 0.385. The zero-order valence-corrected chi connectivity index (χ0v) is 24.6. The maximum atomic E-state index is 16.1. The Kier molecular flexibility index (Phi) is 7.62. The van der Waals surface area contributed by atoms with Gasteiger partial charge >= 0.3 is 0 Å². The van der Waals surface area contributed by atoms with Gasteiger partial charge in [0.15, 0.2) is 5.60 Å². The molecule has 0 radical (unpaired) electrons. The summed E-state index contributed by atoms with van der Waals surface area (Å²) in [4.78, 5) is 44.9. The Bertz CT molecular complexity index is 1300. The van der Waals surface area contributed by atoms with Gasteiger partial charge in [0, 0.05) is 55.8 Å². The average Bonchev–Trinajstić information content (AvgIpc) is 3.53. The highest BCUT2D eigenvalue weighted by atomic mass is 28.4. The van der Waals surface area contributed by atoms with E-state index >= 15 is 4.11 Å². The van der Waals surface area contributed by atoms with Crippen molar-refractivity contribution in [3.63, 3.8) is 0 Å². The van der Waals surface area contributed by atoms with Crippen molar-refractivity contribution in [2.45, 2.75) is 63.1 Å². The number of hydrogen-bond donors (Lipinski definition) is 1. The highest BCUT2D eigenvalue weighted by Gasteiger charge is 2.66. The van der Waals surface area contributed by atoms with Gasteiger partial charge in [0.2, 0.25) is 20.2 Å². The molecule has 3 aliphatic rings. The molecule has 0 unspecified atom stereocenters. The Balaban J connectivity index is 1.50. The average molecular weight is 568 g/mol. The number of likely N-dealkylation sites (N-methyl/N-ethyl adjacent to an activating group) is 1. The van der Waals surface area contributed by atoms with E-state index < -0.39 is 31.6 Å². The molecule has 4 atom stereocenters. The van der Waals surface area contributed by atoms with Crippen LogP contribution in [0.4, 0.5) is 15.5 Å². The van der Waals surface area contributed by atoms with E-state index in [-0.39, 0.29) is 37.3 Å². The summed E-state index contributed by atoms with van der Waals surface area (Å²) in [5, 5.41) is 9.67. The van der Waals surface area contributed by atoms with E-state index in [1.54, 1.807) is 34.8 Å². The van der Waals surface area contributed by atoms with Crippen LogP contribution in [-0.4, -0.2) is 69.0 Å². The van der Waals surface area contributed by atoms with Gasteiger partial charge in [0.05, 0.1) is 24.8 Å². The number of carbonyl (C=O) groups excluding carboxylic acids is 3. The lowest BCUT2D eigenvalue weighted by Crippen LogP contribution is -2.44. The first-order chi connectivity index (χ1) is 19.0. The first-order valence-corrected chi connectivity index (χ1v) is 17.0. The maximum absolute atomic E-state index is 16.1. The monoisotopic (exact) mass is 567 g/mol. The van der Waals surface area contributed by atoms with E-state index in [1.807, 2.05) is 55.5 Å². The fourth-order valence-corrected chi connectivity index (χ4v) is 9.44. The molecule has 0 aromatic heterocycles. The van der Waals surface area contributed by atoms with Crippen LogP contribution in [0, 0.1) is 5.92 Å². The Morgan fingerprint density at radius 1 is 1.20 bits per heavy atom. The fourth-order valence-electron chi connectivity index (χ4n) is 6.95. The van der Waals surface area contributed by atoms with E-state index in [4.69, 9.17) is 4.74 Å². The minimum absolute atomic E-state index is 0.0353. The SMILES string of the molecule is C[C@@H]1[C@@H]([Si](C)(C)F)[C@H](CC(=O)N(CCO)Cc2ccccc2)O[C@@]12C(=O)N(C)c1ccc(N3CCCC3=O)cc12. The van der Waals surface area contributed by atoms with E-state index in [2.05, 4.69) is 0 Å². The topological polar surface area (TPSA) is 90.4 Å². The van der Waals surface area contributed by atoms with Crippen molar-refractivity contribution in [2.24, 2.45) is 5.92 Å². The lowest BCUT2D eigenvalue weighted by atomic mass is 9.82. The van der Waals surface area contributed by atoms with Crippen molar-refractivity contribution >= 4 is 37.5 Å². The zero-order chi connectivity index (χ0) is 28.8. The molecule has 0 bridgehead atoms. The number of amides is 3. The molecule has 214 valence electrons. The molecule has 2 aromatic rings. The van der Waals surface area contributed by atoms with E-state index in [9.17, 15) is 19.5 Å². The fraction of sp³-hybridized carbons (Fsp3) is 0.500. The van der Waals surface area contributed by atoms with Gasteiger partial charge in [0.25, 0.3) is 5.91 Å². The van der Waals surface area contributed by atoms with Gasteiger partial charge in [-0.2, -0.15) is 0 Å². The van der Waals surface area contributed by atoms with Crippen molar-refractivity contribution in [3.8, 4) is 0 Å². The van der Waals surface area contributed by atoms with E-state index in [0.29, 0.717) is 36.4 Å². The Hall–Kier alpha value is -3.08. The third kappa shape index (κ3) is 4.75. The van der Waals surface area contributed by atoms with Crippen LogP contribution in [0.5, 0.6) is 0 Å². The van der Waals surface area contributed by atoms with E-state index in [0.717, 1.165) is 12.0 Å². The van der Waals surface area contributed by atoms with Crippen LogP contribution in [0.15, 0.2) is 48.5 Å². The molecule has 2 saturated heterocycles. The second-order valence-corrected chi connectivity index (χ2v) is 15.5. The van der Waals surface area contributed by atoms with Crippen LogP contribution in [0.25, 0.3) is 0 Å². The third-order valence-corrected chi connectivity index (χ3v) is 11.2. The first kappa shape index (κ1) is 28.4. The summed E-state index contributed by atoms with van der Waals surface area (Å²) < 4.78 is 22.7. The third-order valence-electron chi connectivity index (χ3n) is 8.77. The lowest BCUT2D eigenvalue weighted by Gasteiger charge is -2.31. The molecule has 2 fully saturated rings. The van der Waals surface area contributed by atoms with Crippen molar-refractivity contribution in [2.75, 3.05) is 36.5 Å². The molecule has 3 aliphatic heterocycles. The summed E-state index contributed by atoms with van der Waals surface area (Å²) in [5.41, 5.74) is 0.843. The van der Waals surface area contributed by atoms with E-state index in [1.165, 1.54) is 0 Å². The van der Waals surface area contributed by atoms with Crippen LogP contribution >= 0.6 is 0 Å². The second-order valence-electron chi connectivity index (χ2n) is 11.7. The van der Waals surface area contributed by atoms with Gasteiger partial charge in [-0.3, -0.25) is 14.4 Å². The summed E-state index contributed by atoms with van der Waals surface area (Å²) in [7, 11) is -1.76. The Labute approximate surface area is 235 Å². The summed E-state index contributed by atoms with van der Waals surface area (Å²) in [6.07, 6.45) is 0.343. The van der Waals surface area contributed by atoms with Crippen LogP contribution in [0.3, 0.4) is 0 Å². The molecule has 10 heteroatoms. The van der Waals surface area contributed by atoms with Crippen LogP contribution < -0.4 is 9.80 Å². The van der Waals surface area contributed by atoms with Gasteiger partial charge in [-0.05, 0) is 43.3 Å². The second kappa shape index (κ2) is 10.7. The molecule has 0 aliphatic carbocycles.